The number of nitrogens with zero attached hydrogens (tertiary/aromatic N) is 2. The number of aryl methyl sites for hydroxylation is 14. The van der Waals surface area contributed by atoms with Gasteiger partial charge in [0.05, 0.1) is 5.52 Å². The SMILES string of the molecule is CC.CC.CC.CC.CC.CC.CC.CC.CC.CC.CC.CC.CC.CC.Cc1ccc2c(c1)-c1c(C)cccc1C2.Cc1ccc2c(c1)-c1cc(C)ccc1C2.Cc1ccc2c(c1)Cc1ccc(C)cc1-2.Cc1ccc2c(c1)Cc1cccc(C)c1-2.Cc1ccc2c3ccccc3n(C)c2c1.Cc1cccc2c1-c1c(C)cccc1C2.Cc1cccc2c3ccccc3n(C)c12. The van der Waals surface area contributed by atoms with Gasteiger partial charge in [0.15, 0.2) is 0 Å². The Morgan fingerprint density at radius 3 is 0.827 bits per heavy atom. The zero-order valence-electron chi connectivity index (χ0n) is 91.8. The first-order valence-electron chi connectivity index (χ1n) is 51.6. The van der Waals surface area contributed by atoms with E-state index < -0.39 is 0 Å². The van der Waals surface area contributed by atoms with E-state index in [9.17, 15) is 0 Å². The minimum atomic E-state index is 1.10. The number of para-hydroxylation sites is 3. The Balaban J connectivity index is 0.000000742. The van der Waals surface area contributed by atoms with Gasteiger partial charge in [-0.2, -0.15) is 0 Å². The lowest BCUT2D eigenvalue weighted by molar-refractivity contribution is 1.01. The molecule has 2 nitrogen and oxygen atoms in total. The first-order chi connectivity index (χ1) is 64.8. The fourth-order valence-electron chi connectivity index (χ4n) is 17.3. The first kappa shape index (κ1) is 120. The number of fused-ring (bicyclic) bond motifs is 21. The Bertz CT molecular complexity index is 5950. The predicted octanol–water partition coefficient (Wildman–Crippen LogP) is 41.0. The van der Waals surface area contributed by atoms with Crippen molar-refractivity contribution in [2.24, 2.45) is 14.1 Å². The summed E-state index contributed by atoms with van der Waals surface area (Å²) < 4.78 is 4.54. The van der Waals surface area contributed by atoms with Crippen LogP contribution < -0.4 is 0 Å². The minimum Gasteiger partial charge on any atom is -0.344 e. The molecular weight excluding hydrogens is 1600 g/mol. The maximum atomic E-state index is 2.31. The summed E-state index contributed by atoms with van der Waals surface area (Å²) in [4.78, 5) is 0. The third-order valence-corrected chi connectivity index (χ3v) is 22.5. The van der Waals surface area contributed by atoms with Crippen LogP contribution in [0.25, 0.3) is 99.2 Å². The van der Waals surface area contributed by atoms with Crippen LogP contribution in [0.5, 0.6) is 0 Å². The maximum Gasteiger partial charge on any atom is 0.0518 e. The summed E-state index contributed by atoms with van der Waals surface area (Å²) in [6.07, 6.45) is 5.52. The Kier molecular flexibility index (Phi) is 58.1. The van der Waals surface area contributed by atoms with Crippen molar-refractivity contribution < 1.29 is 0 Å². The smallest absolute Gasteiger partial charge is 0.0518 e. The molecule has 133 heavy (non-hydrogen) atoms. The van der Waals surface area contributed by atoms with Crippen LogP contribution in [0.15, 0.2) is 267 Å². The standard InChI is InChI=1S/5C15H14.2C14H13N.14C2H6/c1-10-4-6-14-13(7-10)9-12-5-3-11(2)8-15(12)14;1-10-3-5-12-9-13-6-4-11(2)8-15(13)14(12)7-10;1-10-5-3-7-12-9-13-8-4-6-11(2)15(13)14(10)12;1-10-6-7-12-9-13-5-3-4-11(2)15(13)14(12)8-10;1-10-6-7-14-13(8-10)9-12-5-3-4-11(2)15(12)14;1-10-6-5-8-12-11-7-3-4-9-13(11)15(2)14(10)12;1-10-7-8-12-11-5-3-4-6-13(11)15(2)14(12)9-10;14*1-2/h5*3-8H,9H2,1-2H3;2*3-9H,1-2H3;14*1-2H3. The third kappa shape index (κ3) is 30.6. The average molecular weight is 1780 g/mol. The second-order valence-electron chi connectivity index (χ2n) is 30.4. The molecule has 16 aromatic rings. The van der Waals surface area contributed by atoms with E-state index in [1.807, 2.05) is 194 Å². The minimum absolute atomic E-state index is 1.10. The van der Waals surface area contributed by atoms with Crippen molar-refractivity contribution in [1.82, 2.24) is 9.13 Å². The van der Waals surface area contributed by atoms with Crippen molar-refractivity contribution in [1.29, 1.82) is 0 Å². The Morgan fingerprint density at radius 1 is 0.158 bits per heavy atom. The summed E-state index contributed by atoms with van der Waals surface area (Å²) in [6.45, 7) is 82.1. The third-order valence-electron chi connectivity index (χ3n) is 22.5. The molecule has 5 aliphatic rings. The quantitative estimate of drug-likeness (QED) is 0.143. The molecule has 14 aromatic carbocycles. The summed E-state index contributed by atoms with van der Waals surface area (Å²) in [5, 5.41) is 5.39. The summed E-state index contributed by atoms with van der Waals surface area (Å²) in [5.41, 5.74) is 51.0. The monoisotopic (exact) mass is 1780 g/mol. The van der Waals surface area contributed by atoms with Crippen molar-refractivity contribution >= 4 is 43.6 Å². The second-order valence-corrected chi connectivity index (χ2v) is 30.4. The fraction of sp³-hybridized carbons (Fsp3) is 0.359. The number of hydrogen-bond acceptors (Lipinski definition) is 0. The van der Waals surface area contributed by atoms with Gasteiger partial charge in [-0.1, -0.05) is 476 Å². The molecule has 0 radical (unpaired) electrons. The Morgan fingerprint density at radius 2 is 0.406 bits per heavy atom. The Hall–Kier alpha value is -11.3. The van der Waals surface area contributed by atoms with E-state index in [4.69, 9.17) is 0 Å². The van der Waals surface area contributed by atoms with E-state index in [2.05, 4.69) is 373 Å². The number of rotatable bonds is 0. The molecule has 2 heterocycles. The topological polar surface area (TPSA) is 9.86 Å². The highest BCUT2D eigenvalue weighted by Crippen LogP contribution is 2.44. The van der Waals surface area contributed by atoms with Crippen molar-refractivity contribution in [3.8, 4) is 55.6 Å². The van der Waals surface area contributed by atoms with Gasteiger partial charge in [-0.05, 0) is 278 Å². The number of aromatic nitrogens is 2. The van der Waals surface area contributed by atoms with Crippen LogP contribution in [-0.2, 0) is 46.2 Å². The molecule has 5 aliphatic carbocycles. The number of benzene rings is 14. The van der Waals surface area contributed by atoms with E-state index in [-0.39, 0.29) is 0 Å². The molecule has 714 valence electrons. The van der Waals surface area contributed by atoms with Crippen molar-refractivity contribution in [2.45, 2.75) is 309 Å². The molecule has 0 atom stereocenters. The largest absolute Gasteiger partial charge is 0.344 e. The highest BCUT2D eigenvalue weighted by atomic mass is 14.9. The summed E-state index contributed by atoms with van der Waals surface area (Å²) in [7, 11) is 4.27. The maximum absolute atomic E-state index is 2.31. The number of hydrogen-bond donors (Lipinski definition) is 0. The second kappa shape index (κ2) is 64.5. The van der Waals surface area contributed by atoms with Gasteiger partial charge in [0.1, 0.15) is 0 Å². The zero-order valence-corrected chi connectivity index (χ0v) is 91.8. The molecule has 0 amide bonds. The molecule has 0 bridgehead atoms. The lowest BCUT2D eigenvalue weighted by atomic mass is 9.97. The molecule has 0 N–H and O–H groups in total. The van der Waals surface area contributed by atoms with E-state index in [1.54, 1.807) is 0 Å². The molecule has 0 unspecified atom stereocenters. The molecule has 0 saturated heterocycles. The van der Waals surface area contributed by atoms with Crippen LogP contribution in [0, 0.1) is 83.1 Å². The normalized spacial score (nSPS) is 10.2. The van der Waals surface area contributed by atoms with Gasteiger partial charge in [0.25, 0.3) is 0 Å². The molecule has 2 aromatic heterocycles. The van der Waals surface area contributed by atoms with E-state index in [0.29, 0.717) is 0 Å². The molecule has 0 fully saturated rings. The van der Waals surface area contributed by atoms with Crippen LogP contribution in [0.4, 0.5) is 0 Å². The van der Waals surface area contributed by atoms with E-state index >= 15 is 0 Å². The first-order valence-corrected chi connectivity index (χ1v) is 51.6. The van der Waals surface area contributed by atoms with E-state index in [0.717, 1.165) is 32.1 Å². The predicted molar refractivity (Wildman–Crippen MR) is 610 cm³/mol. The van der Waals surface area contributed by atoms with Gasteiger partial charge in [-0.15, -0.1) is 0 Å². The fourth-order valence-corrected chi connectivity index (χ4v) is 17.3. The van der Waals surface area contributed by atoms with Crippen molar-refractivity contribution in [3.63, 3.8) is 0 Å². The van der Waals surface area contributed by atoms with Crippen LogP contribution in [-0.4, -0.2) is 9.13 Å². The van der Waals surface area contributed by atoms with Crippen LogP contribution in [0.3, 0.4) is 0 Å². The van der Waals surface area contributed by atoms with Crippen LogP contribution >= 0.6 is 0 Å². The van der Waals surface area contributed by atoms with Crippen LogP contribution in [0.1, 0.15) is 316 Å². The lowest BCUT2D eigenvalue weighted by Crippen LogP contribution is -1.88. The average Bonchev–Trinajstić information content (AvgIpc) is 1.60. The molecule has 0 spiro atoms. The van der Waals surface area contributed by atoms with Gasteiger partial charge in [-0.25, -0.2) is 0 Å². The summed E-state index contributed by atoms with van der Waals surface area (Å²) in [6, 6.07) is 97.4. The van der Waals surface area contributed by atoms with Gasteiger partial charge < -0.3 is 9.13 Å². The van der Waals surface area contributed by atoms with Crippen molar-refractivity contribution in [2.75, 3.05) is 0 Å². The van der Waals surface area contributed by atoms with Gasteiger partial charge in [0.2, 0.25) is 0 Å². The Labute approximate surface area is 815 Å². The highest BCUT2D eigenvalue weighted by Gasteiger charge is 2.24. The van der Waals surface area contributed by atoms with E-state index in [1.165, 1.54) is 222 Å². The lowest BCUT2D eigenvalue weighted by Gasteiger charge is -2.07. The van der Waals surface area contributed by atoms with Crippen LogP contribution in [0.2, 0.25) is 0 Å². The molecular formula is C131H180N2. The molecule has 2 heteroatoms. The van der Waals surface area contributed by atoms with Gasteiger partial charge >= 0.3 is 0 Å². The van der Waals surface area contributed by atoms with Crippen molar-refractivity contribution in [3.05, 3.63) is 389 Å². The zero-order chi connectivity index (χ0) is 101. The summed E-state index contributed by atoms with van der Waals surface area (Å²) >= 11 is 0. The highest BCUT2D eigenvalue weighted by molar-refractivity contribution is 6.09. The molecule has 0 saturated carbocycles. The molecule has 0 aliphatic heterocycles. The van der Waals surface area contributed by atoms with Gasteiger partial charge in [0, 0.05) is 52.2 Å². The van der Waals surface area contributed by atoms with Gasteiger partial charge in [-0.3, -0.25) is 0 Å². The summed E-state index contributed by atoms with van der Waals surface area (Å²) in [5.74, 6) is 0. The molecule has 21 rings (SSSR count).